The van der Waals surface area contributed by atoms with Crippen molar-refractivity contribution in [3.63, 3.8) is 0 Å². The fourth-order valence-electron chi connectivity index (χ4n) is 1.17. The molecule has 0 spiro atoms. The van der Waals surface area contributed by atoms with Crippen molar-refractivity contribution in [2.75, 3.05) is 27.7 Å². The monoisotopic (exact) mass is 229 g/mol. The Morgan fingerprint density at radius 2 is 1.75 bits per heavy atom. The van der Waals surface area contributed by atoms with Gasteiger partial charge in [0.1, 0.15) is 0 Å². The Morgan fingerprint density at radius 3 is 2.12 bits per heavy atom. The van der Waals surface area contributed by atoms with E-state index in [2.05, 4.69) is 0 Å². The molecule has 5 heteroatoms. The maximum Gasteiger partial charge on any atom is 0.241 e. The van der Waals surface area contributed by atoms with Crippen molar-refractivity contribution in [2.24, 2.45) is 11.7 Å². The number of hydrogen-bond acceptors (Lipinski definition) is 3. The third kappa shape index (κ3) is 4.18. The minimum atomic E-state index is -0.523. The molecule has 0 rings (SSSR count). The number of nitrogens with zero attached hydrogens (tertiary/aromatic N) is 2. The third-order valence-electron chi connectivity index (χ3n) is 2.79. The first-order valence-electron chi connectivity index (χ1n) is 5.51. The van der Waals surface area contributed by atoms with E-state index in [1.807, 2.05) is 13.8 Å². The number of nitrogens with two attached hydrogens (primary N) is 1. The molecule has 94 valence electrons. The van der Waals surface area contributed by atoms with Gasteiger partial charge in [-0.2, -0.15) is 0 Å². The summed E-state index contributed by atoms with van der Waals surface area (Å²) in [5, 5.41) is 0. The Labute approximate surface area is 97.6 Å². The quantitative estimate of drug-likeness (QED) is 0.716. The van der Waals surface area contributed by atoms with E-state index < -0.39 is 6.04 Å². The Morgan fingerprint density at radius 1 is 1.25 bits per heavy atom. The van der Waals surface area contributed by atoms with Gasteiger partial charge in [-0.25, -0.2) is 0 Å². The third-order valence-corrected chi connectivity index (χ3v) is 2.79. The topological polar surface area (TPSA) is 66.6 Å². The largest absolute Gasteiger partial charge is 0.347 e. The van der Waals surface area contributed by atoms with Gasteiger partial charge in [-0.3, -0.25) is 9.59 Å². The highest BCUT2D eigenvalue weighted by Gasteiger charge is 2.24. The normalized spacial score (nSPS) is 14.1. The van der Waals surface area contributed by atoms with Crippen LogP contribution in [0.4, 0.5) is 0 Å². The zero-order chi connectivity index (χ0) is 12.9. The summed E-state index contributed by atoms with van der Waals surface area (Å²) in [5.41, 5.74) is 5.81. The molecule has 0 saturated heterocycles. The fourth-order valence-corrected chi connectivity index (χ4v) is 1.17. The summed E-state index contributed by atoms with van der Waals surface area (Å²) in [5.74, 6) is -0.152. The fraction of sp³-hybridized carbons (Fsp3) is 0.818. The minimum Gasteiger partial charge on any atom is -0.347 e. The highest BCUT2D eigenvalue weighted by molar-refractivity contribution is 5.87. The number of rotatable bonds is 5. The summed E-state index contributed by atoms with van der Waals surface area (Å²) in [4.78, 5) is 26.1. The number of amides is 2. The van der Waals surface area contributed by atoms with Crippen molar-refractivity contribution in [1.82, 2.24) is 9.80 Å². The van der Waals surface area contributed by atoms with Crippen LogP contribution in [0.1, 0.15) is 20.3 Å². The van der Waals surface area contributed by atoms with Crippen LogP contribution in [-0.2, 0) is 9.59 Å². The van der Waals surface area contributed by atoms with Crippen molar-refractivity contribution in [3.05, 3.63) is 0 Å². The molecular formula is C11H23N3O2. The van der Waals surface area contributed by atoms with Gasteiger partial charge >= 0.3 is 0 Å². The number of carbonyl (C=O) groups excluding carboxylic acids is 2. The van der Waals surface area contributed by atoms with E-state index >= 15 is 0 Å². The van der Waals surface area contributed by atoms with Crippen LogP contribution in [0.5, 0.6) is 0 Å². The molecule has 0 saturated carbocycles. The molecule has 0 radical (unpaired) electrons. The van der Waals surface area contributed by atoms with Gasteiger partial charge in [-0.15, -0.1) is 0 Å². The van der Waals surface area contributed by atoms with E-state index in [-0.39, 0.29) is 24.3 Å². The Balaban J connectivity index is 4.33. The SMILES string of the molecule is CCC(C)C(N)C(=O)N(C)CC(=O)N(C)C. The second kappa shape index (κ2) is 6.48. The van der Waals surface area contributed by atoms with Gasteiger partial charge in [-0.05, 0) is 5.92 Å². The van der Waals surface area contributed by atoms with Crippen molar-refractivity contribution >= 4 is 11.8 Å². The Bertz CT molecular complexity index is 254. The van der Waals surface area contributed by atoms with Crippen LogP contribution >= 0.6 is 0 Å². The van der Waals surface area contributed by atoms with Crippen LogP contribution in [0, 0.1) is 5.92 Å². The summed E-state index contributed by atoms with van der Waals surface area (Å²) >= 11 is 0. The maximum absolute atomic E-state index is 11.8. The van der Waals surface area contributed by atoms with E-state index in [1.165, 1.54) is 9.80 Å². The van der Waals surface area contributed by atoms with Gasteiger partial charge < -0.3 is 15.5 Å². The molecule has 0 aliphatic carbocycles. The number of hydrogen-bond donors (Lipinski definition) is 1. The standard InChI is InChI=1S/C11H23N3O2/c1-6-8(2)10(12)11(16)14(5)7-9(15)13(3)4/h8,10H,6-7,12H2,1-5H3. The Kier molecular flexibility index (Phi) is 6.03. The Hall–Kier alpha value is -1.10. The zero-order valence-electron chi connectivity index (χ0n) is 10.9. The maximum atomic E-state index is 11.8. The van der Waals surface area contributed by atoms with E-state index in [9.17, 15) is 9.59 Å². The summed E-state index contributed by atoms with van der Waals surface area (Å²) < 4.78 is 0. The molecule has 0 aliphatic heterocycles. The van der Waals surface area contributed by atoms with Crippen molar-refractivity contribution in [1.29, 1.82) is 0 Å². The molecular weight excluding hydrogens is 206 g/mol. The first-order chi connectivity index (χ1) is 7.31. The smallest absolute Gasteiger partial charge is 0.241 e. The van der Waals surface area contributed by atoms with E-state index in [1.54, 1.807) is 21.1 Å². The first-order valence-corrected chi connectivity index (χ1v) is 5.51. The van der Waals surface area contributed by atoms with Gasteiger partial charge in [0.2, 0.25) is 11.8 Å². The van der Waals surface area contributed by atoms with E-state index in [0.717, 1.165) is 6.42 Å². The van der Waals surface area contributed by atoms with Crippen LogP contribution in [0.15, 0.2) is 0 Å². The lowest BCUT2D eigenvalue weighted by atomic mass is 9.99. The highest BCUT2D eigenvalue weighted by atomic mass is 16.2. The predicted octanol–water partition coefficient (Wildman–Crippen LogP) is -0.0936. The van der Waals surface area contributed by atoms with Gasteiger partial charge in [-0.1, -0.05) is 20.3 Å². The second-order valence-corrected chi connectivity index (χ2v) is 4.39. The molecule has 0 aromatic heterocycles. The molecule has 0 aromatic rings. The molecule has 0 heterocycles. The summed E-state index contributed by atoms with van der Waals surface area (Å²) in [7, 11) is 4.93. The zero-order valence-corrected chi connectivity index (χ0v) is 10.9. The first kappa shape index (κ1) is 14.9. The average Bonchev–Trinajstić information content (AvgIpc) is 2.25. The van der Waals surface area contributed by atoms with Crippen LogP contribution in [-0.4, -0.2) is 55.3 Å². The molecule has 5 nitrogen and oxygen atoms in total. The number of likely N-dealkylation sites (N-methyl/N-ethyl adjacent to an activating group) is 2. The van der Waals surface area contributed by atoms with Gasteiger partial charge in [0, 0.05) is 21.1 Å². The molecule has 0 bridgehead atoms. The van der Waals surface area contributed by atoms with Crippen LogP contribution in [0.25, 0.3) is 0 Å². The second-order valence-electron chi connectivity index (χ2n) is 4.39. The summed E-state index contributed by atoms with van der Waals surface area (Å²) in [6.45, 7) is 4.00. The highest BCUT2D eigenvalue weighted by Crippen LogP contribution is 2.07. The molecule has 2 amide bonds. The molecule has 16 heavy (non-hydrogen) atoms. The lowest BCUT2D eigenvalue weighted by Gasteiger charge is -2.25. The van der Waals surface area contributed by atoms with Gasteiger partial charge in [0.15, 0.2) is 0 Å². The molecule has 2 atom stereocenters. The summed E-state index contributed by atoms with van der Waals surface area (Å²) in [6, 6.07) is -0.523. The lowest BCUT2D eigenvalue weighted by molar-refractivity contribution is -0.139. The van der Waals surface area contributed by atoms with Crippen LogP contribution in [0.3, 0.4) is 0 Å². The molecule has 0 aliphatic rings. The van der Waals surface area contributed by atoms with Crippen molar-refractivity contribution in [3.8, 4) is 0 Å². The molecule has 2 unspecified atom stereocenters. The van der Waals surface area contributed by atoms with Crippen LogP contribution < -0.4 is 5.73 Å². The summed E-state index contributed by atoms with van der Waals surface area (Å²) in [6.07, 6.45) is 0.850. The lowest BCUT2D eigenvalue weighted by Crippen LogP contribution is -2.48. The molecule has 0 fully saturated rings. The van der Waals surface area contributed by atoms with Crippen LogP contribution in [0.2, 0.25) is 0 Å². The number of carbonyl (C=O) groups is 2. The van der Waals surface area contributed by atoms with Gasteiger partial charge in [0.05, 0.1) is 12.6 Å². The predicted molar refractivity (Wildman–Crippen MR) is 63.8 cm³/mol. The van der Waals surface area contributed by atoms with Crippen molar-refractivity contribution < 1.29 is 9.59 Å². The van der Waals surface area contributed by atoms with E-state index in [4.69, 9.17) is 5.73 Å². The molecule has 2 N–H and O–H groups in total. The minimum absolute atomic E-state index is 0.0793. The van der Waals surface area contributed by atoms with Gasteiger partial charge in [0.25, 0.3) is 0 Å². The van der Waals surface area contributed by atoms with E-state index in [0.29, 0.717) is 0 Å². The average molecular weight is 229 g/mol. The van der Waals surface area contributed by atoms with Crippen molar-refractivity contribution in [2.45, 2.75) is 26.3 Å². The molecule has 0 aromatic carbocycles.